The third-order valence-electron chi connectivity index (χ3n) is 7.05. The minimum atomic E-state index is -4.00. The number of piperidine rings is 1. The summed E-state index contributed by atoms with van der Waals surface area (Å²) in [6, 6.07) is 21.2. The molecule has 1 heterocycles. The van der Waals surface area contributed by atoms with Crippen LogP contribution >= 0.6 is 0 Å². The Labute approximate surface area is 226 Å². The van der Waals surface area contributed by atoms with E-state index in [9.17, 15) is 13.2 Å². The number of hydrogen-bond acceptors (Lipinski definition) is 5. The van der Waals surface area contributed by atoms with Gasteiger partial charge >= 0.3 is 0 Å². The molecule has 0 radical (unpaired) electrons. The molecule has 1 aliphatic rings. The summed E-state index contributed by atoms with van der Waals surface area (Å²) in [5.41, 5.74) is 3.58. The van der Waals surface area contributed by atoms with Crippen molar-refractivity contribution >= 4 is 27.3 Å². The average Bonchev–Trinajstić information content (AvgIpc) is 2.92. The molecule has 0 aromatic heterocycles. The fraction of sp³-hybridized carbons (Fsp3) is 0.367. The van der Waals surface area contributed by atoms with Crippen molar-refractivity contribution < 1.29 is 17.9 Å². The predicted molar refractivity (Wildman–Crippen MR) is 152 cm³/mol. The lowest BCUT2D eigenvalue weighted by Gasteiger charge is -2.33. The number of benzene rings is 3. The van der Waals surface area contributed by atoms with Crippen LogP contribution in [0.3, 0.4) is 0 Å². The van der Waals surface area contributed by atoms with Crippen molar-refractivity contribution in [2.24, 2.45) is 5.92 Å². The molecule has 7 nitrogen and oxygen atoms in total. The third kappa shape index (κ3) is 6.48. The Morgan fingerprint density at radius 1 is 1.05 bits per heavy atom. The van der Waals surface area contributed by atoms with Gasteiger partial charge in [-0.05, 0) is 86.7 Å². The highest BCUT2D eigenvalue weighted by molar-refractivity contribution is 7.92. The highest BCUT2D eigenvalue weighted by atomic mass is 32.2. The second-order valence-electron chi connectivity index (χ2n) is 10.1. The molecule has 0 spiro atoms. The lowest BCUT2D eigenvalue weighted by molar-refractivity contribution is -0.120. The van der Waals surface area contributed by atoms with Crippen LogP contribution < -0.4 is 19.3 Å². The molecule has 38 heavy (non-hydrogen) atoms. The molecule has 3 aromatic rings. The van der Waals surface area contributed by atoms with Crippen molar-refractivity contribution in [3.63, 3.8) is 0 Å². The average molecular weight is 536 g/mol. The summed E-state index contributed by atoms with van der Waals surface area (Å²) in [5, 5.41) is 2.98. The van der Waals surface area contributed by atoms with E-state index < -0.39 is 10.0 Å². The van der Waals surface area contributed by atoms with E-state index in [-0.39, 0.29) is 23.4 Å². The number of amides is 1. The first-order chi connectivity index (χ1) is 18.2. The van der Waals surface area contributed by atoms with Crippen LogP contribution in [0, 0.1) is 12.8 Å². The van der Waals surface area contributed by atoms with Crippen molar-refractivity contribution in [1.29, 1.82) is 0 Å². The third-order valence-corrected chi connectivity index (χ3v) is 8.84. The van der Waals surface area contributed by atoms with Gasteiger partial charge in [-0.25, -0.2) is 8.42 Å². The SMILES string of the molecule is COc1ccc(S(=O)(=O)N(CC(=O)NC(C)c2ccc(N3CCCC(C)C3)cc2)c2ccc(C)cc2)cc1. The standard InChI is InChI=1S/C30H37N3O4S/c1-22-7-11-27(12-8-22)33(38(35,36)29-17-15-28(37-4)16-18-29)21-30(34)31-24(3)25-9-13-26(14-10-25)32-19-5-6-23(2)20-32/h7-18,23-24H,5-6,19-21H2,1-4H3,(H,31,34). The Bertz CT molecular complexity index is 1320. The van der Waals surface area contributed by atoms with Crippen LogP contribution in [0.25, 0.3) is 0 Å². The highest BCUT2D eigenvalue weighted by Crippen LogP contribution is 2.27. The van der Waals surface area contributed by atoms with Gasteiger partial charge in [0.2, 0.25) is 5.91 Å². The predicted octanol–water partition coefficient (Wildman–Crippen LogP) is 5.31. The molecule has 1 amide bonds. The van der Waals surface area contributed by atoms with Crippen LogP contribution in [0.5, 0.6) is 5.75 Å². The summed E-state index contributed by atoms with van der Waals surface area (Å²) in [5.74, 6) is 0.856. The van der Waals surface area contributed by atoms with Crippen molar-refractivity contribution in [2.75, 3.05) is 35.9 Å². The molecule has 1 N–H and O–H groups in total. The number of methoxy groups -OCH3 is 1. The number of sulfonamides is 1. The maximum absolute atomic E-state index is 13.6. The van der Waals surface area contributed by atoms with Crippen LogP contribution in [-0.2, 0) is 14.8 Å². The van der Waals surface area contributed by atoms with Gasteiger partial charge in [0, 0.05) is 18.8 Å². The fourth-order valence-corrected chi connectivity index (χ4v) is 6.22. The summed E-state index contributed by atoms with van der Waals surface area (Å²) < 4.78 is 33.6. The van der Waals surface area contributed by atoms with E-state index in [1.807, 2.05) is 38.1 Å². The van der Waals surface area contributed by atoms with E-state index in [2.05, 4.69) is 29.3 Å². The summed E-state index contributed by atoms with van der Waals surface area (Å²) in [6.45, 7) is 7.90. The second-order valence-corrected chi connectivity index (χ2v) is 12.0. The van der Waals surface area contributed by atoms with E-state index in [1.165, 1.54) is 37.8 Å². The highest BCUT2D eigenvalue weighted by Gasteiger charge is 2.28. The summed E-state index contributed by atoms with van der Waals surface area (Å²) in [7, 11) is -2.48. The maximum Gasteiger partial charge on any atom is 0.264 e. The topological polar surface area (TPSA) is 79.0 Å². The van der Waals surface area contributed by atoms with E-state index in [0.29, 0.717) is 17.4 Å². The number of ether oxygens (including phenoxy) is 1. The number of nitrogens with zero attached hydrogens (tertiary/aromatic N) is 2. The maximum atomic E-state index is 13.6. The van der Waals surface area contributed by atoms with Crippen LogP contribution in [0.4, 0.5) is 11.4 Å². The van der Waals surface area contributed by atoms with E-state index >= 15 is 0 Å². The van der Waals surface area contributed by atoms with Crippen molar-refractivity contribution in [2.45, 2.75) is 44.6 Å². The van der Waals surface area contributed by atoms with Crippen LogP contribution in [-0.4, -0.2) is 41.1 Å². The number of nitrogens with one attached hydrogen (secondary N) is 1. The molecule has 8 heteroatoms. The summed E-state index contributed by atoms with van der Waals surface area (Å²) >= 11 is 0. The second kappa shape index (κ2) is 11.9. The monoisotopic (exact) mass is 535 g/mol. The summed E-state index contributed by atoms with van der Waals surface area (Å²) in [4.78, 5) is 15.7. The van der Waals surface area contributed by atoms with E-state index in [1.54, 1.807) is 24.3 Å². The number of rotatable bonds is 9. The molecule has 202 valence electrons. The van der Waals surface area contributed by atoms with Gasteiger partial charge in [0.15, 0.2) is 0 Å². The molecule has 0 bridgehead atoms. The van der Waals surface area contributed by atoms with Gasteiger partial charge in [-0.15, -0.1) is 0 Å². The Hall–Kier alpha value is -3.52. The first-order valence-corrected chi connectivity index (χ1v) is 14.5. The van der Waals surface area contributed by atoms with Crippen molar-refractivity contribution in [3.05, 3.63) is 83.9 Å². The Morgan fingerprint density at radius 3 is 2.32 bits per heavy atom. The quantitative estimate of drug-likeness (QED) is 0.402. The molecule has 0 aliphatic carbocycles. The Morgan fingerprint density at radius 2 is 1.71 bits per heavy atom. The van der Waals surface area contributed by atoms with Crippen LogP contribution in [0.2, 0.25) is 0 Å². The minimum absolute atomic E-state index is 0.0855. The van der Waals surface area contributed by atoms with Gasteiger partial charge in [-0.3, -0.25) is 9.10 Å². The minimum Gasteiger partial charge on any atom is -0.497 e. The lowest BCUT2D eigenvalue weighted by Crippen LogP contribution is -2.41. The zero-order valence-corrected chi connectivity index (χ0v) is 23.4. The first-order valence-electron chi connectivity index (χ1n) is 13.0. The van der Waals surface area contributed by atoms with Crippen LogP contribution in [0.15, 0.2) is 77.7 Å². The molecular weight excluding hydrogens is 498 g/mol. The molecule has 2 atom stereocenters. The molecule has 3 aromatic carbocycles. The molecule has 2 unspecified atom stereocenters. The van der Waals surface area contributed by atoms with Gasteiger partial charge in [0.1, 0.15) is 12.3 Å². The molecule has 1 saturated heterocycles. The molecule has 4 rings (SSSR count). The Kier molecular flexibility index (Phi) is 8.62. The van der Waals surface area contributed by atoms with Crippen molar-refractivity contribution in [3.8, 4) is 5.75 Å². The number of hydrogen-bond donors (Lipinski definition) is 1. The van der Waals surface area contributed by atoms with Crippen molar-refractivity contribution in [1.82, 2.24) is 5.32 Å². The van der Waals surface area contributed by atoms with E-state index in [0.717, 1.165) is 28.5 Å². The Balaban J connectivity index is 1.50. The largest absolute Gasteiger partial charge is 0.497 e. The number of aryl methyl sites for hydroxylation is 1. The zero-order chi connectivity index (χ0) is 27.3. The van der Waals surface area contributed by atoms with Gasteiger partial charge < -0.3 is 15.0 Å². The number of anilines is 2. The number of carbonyl (C=O) groups is 1. The molecule has 1 fully saturated rings. The van der Waals surface area contributed by atoms with Gasteiger partial charge in [-0.2, -0.15) is 0 Å². The summed E-state index contributed by atoms with van der Waals surface area (Å²) in [6.07, 6.45) is 2.47. The van der Waals surface area contributed by atoms with Gasteiger partial charge in [-0.1, -0.05) is 36.8 Å². The normalized spacial score (nSPS) is 16.5. The smallest absolute Gasteiger partial charge is 0.264 e. The van der Waals surface area contributed by atoms with E-state index in [4.69, 9.17) is 4.74 Å². The molecular formula is C30H37N3O4S. The lowest BCUT2D eigenvalue weighted by atomic mass is 9.99. The van der Waals surface area contributed by atoms with Gasteiger partial charge in [0.25, 0.3) is 10.0 Å². The molecule has 1 aliphatic heterocycles. The fourth-order valence-electron chi connectivity index (χ4n) is 4.80. The molecule has 0 saturated carbocycles. The number of carbonyl (C=O) groups excluding carboxylic acids is 1. The van der Waals surface area contributed by atoms with Crippen LogP contribution in [0.1, 0.15) is 43.9 Å². The zero-order valence-electron chi connectivity index (χ0n) is 22.6. The van der Waals surface area contributed by atoms with Gasteiger partial charge in [0.05, 0.1) is 23.7 Å². The first kappa shape index (κ1) is 27.5.